The lowest BCUT2D eigenvalue weighted by molar-refractivity contribution is 0.338. The highest BCUT2D eigenvalue weighted by Gasteiger charge is 2.15. The largest absolute Gasteiger partial charge is 0.297 e. The van der Waals surface area contributed by atoms with Crippen LogP contribution in [-0.2, 0) is 14.3 Å². The first-order valence-electron chi connectivity index (χ1n) is 5.63. The van der Waals surface area contributed by atoms with Gasteiger partial charge in [0, 0.05) is 4.11 Å². The average molecular weight is 204 g/mol. The summed E-state index contributed by atoms with van der Waals surface area (Å²) < 4.78 is 55.6. The Morgan fingerprint density at radius 1 is 1.54 bits per heavy atom. The molecule has 0 heterocycles. The molecule has 1 aromatic rings. The lowest BCUT2D eigenvalue weighted by Gasteiger charge is -2.05. The number of benzene rings is 1. The van der Waals surface area contributed by atoms with Crippen LogP contribution in [0.5, 0.6) is 0 Å². The lowest BCUT2D eigenvalue weighted by Crippen LogP contribution is -2.07. The third-order valence-electron chi connectivity index (χ3n) is 1.54. The first-order chi connectivity index (χ1) is 7.64. The minimum Gasteiger partial charge on any atom is -0.267 e. The van der Waals surface area contributed by atoms with E-state index in [0.717, 1.165) is 0 Å². The lowest BCUT2D eigenvalue weighted by atomic mass is 10.2. The SMILES string of the molecule is [2H]C(OS(=O)(=O)c1ccccc1C)C([2H])([2H])[2H]. The Balaban J connectivity index is 3.03. The Labute approximate surface area is 84.1 Å². The molecule has 72 valence electrons. The van der Waals surface area contributed by atoms with E-state index in [0.29, 0.717) is 5.56 Å². The maximum Gasteiger partial charge on any atom is 0.297 e. The topological polar surface area (TPSA) is 43.4 Å². The van der Waals surface area contributed by atoms with Gasteiger partial charge in [0.1, 0.15) is 0 Å². The van der Waals surface area contributed by atoms with Crippen molar-refractivity contribution < 1.29 is 18.1 Å². The van der Waals surface area contributed by atoms with Crippen LogP contribution in [-0.4, -0.2) is 15.0 Å². The fraction of sp³-hybridized carbons (Fsp3) is 0.333. The van der Waals surface area contributed by atoms with Gasteiger partial charge < -0.3 is 0 Å². The molecule has 0 aliphatic rings. The van der Waals surface area contributed by atoms with Gasteiger partial charge in [-0.3, -0.25) is 4.18 Å². The van der Waals surface area contributed by atoms with E-state index in [1.807, 2.05) is 0 Å². The molecule has 0 aliphatic heterocycles. The van der Waals surface area contributed by atoms with E-state index in [9.17, 15) is 8.42 Å². The molecule has 0 N–H and O–H groups in total. The molecule has 0 spiro atoms. The molecule has 1 unspecified atom stereocenters. The molecular weight excluding hydrogens is 188 g/mol. The zero-order valence-corrected chi connectivity index (χ0v) is 7.84. The molecule has 3 nitrogen and oxygen atoms in total. The quantitative estimate of drug-likeness (QED) is 0.704. The van der Waals surface area contributed by atoms with Gasteiger partial charge in [-0.2, -0.15) is 8.42 Å². The number of hydrogen-bond acceptors (Lipinski definition) is 3. The average Bonchev–Trinajstić information content (AvgIpc) is 2.15. The van der Waals surface area contributed by atoms with Crippen molar-refractivity contribution in [3.8, 4) is 0 Å². The van der Waals surface area contributed by atoms with Gasteiger partial charge in [0.25, 0.3) is 10.1 Å². The molecule has 0 saturated carbocycles. The molecule has 0 radical (unpaired) electrons. The van der Waals surface area contributed by atoms with Crippen molar-refractivity contribution in [2.75, 3.05) is 6.58 Å². The van der Waals surface area contributed by atoms with Crippen molar-refractivity contribution in [2.24, 2.45) is 0 Å². The van der Waals surface area contributed by atoms with E-state index in [1.54, 1.807) is 19.1 Å². The highest BCUT2D eigenvalue weighted by Crippen LogP contribution is 2.16. The van der Waals surface area contributed by atoms with Gasteiger partial charge in [-0.05, 0) is 25.4 Å². The number of rotatable bonds is 3. The summed E-state index contributed by atoms with van der Waals surface area (Å²) in [5.41, 5.74) is 0.435. The van der Waals surface area contributed by atoms with Crippen molar-refractivity contribution in [3.05, 3.63) is 29.8 Å². The molecular formula is C9H12O3S. The van der Waals surface area contributed by atoms with Crippen molar-refractivity contribution in [3.63, 3.8) is 0 Å². The fourth-order valence-corrected chi connectivity index (χ4v) is 1.89. The Bertz CT molecular complexity index is 495. The molecule has 1 aromatic carbocycles. The first-order valence-corrected chi connectivity index (χ1v) is 4.96. The van der Waals surface area contributed by atoms with Crippen LogP contribution in [0.3, 0.4) is 0 Å². The highest BCUT2D eigenvalue weighted by atomic mass is 32.2. The fourth-order valence-electron chi connectivity index (χ4n) is 0.952. The van der Waals surface area contributed by atoms with Gasteiger partial charge in [0.05, 0.1) is 12.8 Å². The van der Waals surface area contributed by atoms with E-state index in [1.165, 1.54) is 12.1 Å². The molecule has 1 rings (SSSR count). The van der Waals surface area contributed by atoms with Crippen LogP contribution in [0, 0.1) is 6.92 Å². The van der Waals surface area contributed by atoms with Crippen LogP contribution in [0.1, 0.15) is 17.9 Å². The molecule has 0 aromatic heterocycles. The minimum absolute atomic E-state index is 0.124. The van der Waals surface area contributed by atoms with Gasteiger partial charge in [-0.1, -0.05) is 18.2 Å². The standard InChI is InChI=1S/C9H12O3S/c1-3-12-13(10,11)9-7-5-4-6-8(9)2/h4-7H,3H2,1-2H3/i1D3,3D. The molecule has 0 aliphatic carbocycles. The monoisotopic (exact) mass is 204 g/mol. The summed E-state index contributed by atoms with van der Waals surface area (Å²) >= 11 is 0. The second-order valence-corrected chi connectivity index (χ2v) is 3.97. The van der Waals surface area contributed by atoms with Crippen LogP contribution >= 0.6 is 0 Å². The summed E-state index contributed by atoms with van der Waals surface area (Å²) in [6, 6.07) is 6.01. The van der Waals surface area contributed by atoms with Crippen LogP contribution in [0.4, 0.5) is 0 Å². The molecule has 0 bridgehead atoms. The van der Waals surface area contributed by atoms with Gasteiger partial charge in [-0.25, -0.2) is 0 Å². The van der Waals surface area contributed by atoms with Crippen LogP contribution < -0.4 is 0 Å². The first kappa shape index (κ1) is 5.78. The summed E-state index contributed by atoms with van der Waals surface area (Å²) in [6.45, 7) is -3.35. The number of hydrogen-bond donors (Lipinski definition) is 0. The third kappa shape index (κ3) is 2.29. The van der Waals surface area contributed by atoms with E-state index >= 15 is 0 Å². The van der Waals surface area contributed by atoms with Crippen molar-refractivity contribution in [1.29, 1.82) is 0 Å². The second-order valence-electron chi connectivity index (χ2n) is 2.43. The van der Waals surface area contributed by atoms with Crippen molar-refractivity contribution in [2.45, 2.75) is 18.7 Å². The van der Waals surface area contributed by atoms with Crippen molar-refractivity contribution in [1.82, 2.24) is 0 Å². The van der Waals surface area contributed by atoms with E-state index in [4.69, 9.17) is 5.48 Å². The zero-order valence-electron chi connectivity index (χ0n) is 11.0. The van der Waals surface area contributed by atoms with Crippen LogP contribution in [0.2, 0.25) is 0 Å². The summed E-state index contributed by atoms with van der Waals surface area (Å²) in [7, 11) is -4.22. The van der Waals surface area contributed by atoms with Crippen LogP contribution in [0.25, 0.3) is 0 Å². The smallest absolute Gasteiger partial charge is 0.267 e. The van der Waals surface area contributed by atoms with E-state index < -0.39 is 23.6 Å². The second kappa shape index (κ2) is 3.89. The molecule has 0 fully saturated rings. The summed E-state index contributed by atoms with van der Waals surface area (Å²) in [4.78, 5) is -0.124. The van der Waals surface area contributed by atoms with E-state index in [-0.39, 0.29) is 4.90 Å². The maximum absolute atomic E-state index is 11.7. The van der Waals surface area contributed by atoms with Gasteiger partial charge in [0.15, 0.2) is 0 Å². The highest BCUT2D eigenvalue weighted by molar-refractivity contribution is 7.86. The van der Waals surface area contributed by atoms with E-state index in [2.05, 4.69) is 4.18 Å². The maximum atomic E-state index is 11.7. The molecule has 13 heavy (non-hydrogen) atoms. The molecule has 0 amide bonds. The third-order valence-corrected chi connectivity index (χ3v) is 2.88. The van der Waals surface area contributed by atoms with Crippen molar-refractivity contribution >= 4 is 10.1 Å². The Morgan fingerprint density at radius 2 is 2.23 bits per heavy atom. The summed E-state index contributed by atoms with van der Waals surface area (Å²) in [6.07, 6.45) is 0. The normalized spacial score (nSPS) is 19.5. The summed E-state index contributed by atoms with van der Waals surface area (Å²) in [5, 5.41) is 0. The van der Waals surface area contributed by atoms with Gasteiger partial charge in [-0.15, -0.1) is 0 Å². The Morgan fingerprint density at radius 3 is 2.85 bits per heavy atom. The zero-order chi connectivity index (χ0) is 13.3. The van der Waals surface area contributed by atoms with Crippen LogP contribution in [0.15, 0.2) is 29.2 Å². The number of aryl methyl sites for hydroxylation is 1. The molecule has 4 heteroatoms. The molecule has 0 saturated heterocycles. The minimum atomic E-state index is -4.22. The molecule has 1 atom stereocenters. The predicted octanol–water partition coefficient (Wildman–Crippen LogP) is 1.72. The summed E-state index contributed by atoms with van der Waals surface area (Å²) in [5.74, 6) is 0. The Kier molecular flexibility index (Phi) is 1.73. The van der Waals surface area contributed by atoms with Gasteiger partial charge in [0.2, 0.25) is 0 Å². The predicted molar refractivity (Wildman–Crippen MR) is 50.0 cm³/mol. The Hall–Kier alpha value is -0.870. The van der Waals surface area contributed by atoms with Gasteiger partial charge >= 0.3 is 0 Å².